The fraction of sp³-hybridized carbons (Fsp3) is 0.929. The van der Waals surface area contributed by atoms with Crippen LogP contribution in [-0.4, -0.2) is 48.2 Å². The van der Waals surface area contributed by atoms with Gasteiger partial charge in [0.15, 0.2) is 0 Å². The Morgan fingerprint density at radius 2 is 1.83 bits per heavy atom. The first-order chi connectivity index (χ1) is 8.75. The van der Waals surface area contributed by atoms with Crippen molar-refractivity contribution in [2.75, 3.05) is 26.2 Å². The maximum atomic E-state index is 11.8. The maximum absolute atomic E-state index is 11.8. The van der Waals surface area contributed by atoms with Crippen molar-refractivity contribution in [3.8, 4) is 0 Å². The second-order valence-corrected chi connectivity index (χ2v) is 5.70. The summed E-state index contributed by atoms with van der Waals surface area (Å²) < 4.78 is 0. The highest BCUT2D eigenvalue weighted by atomic mass is 16.3. The number of hydrogen-bond acceptors (Lipinski definition) is 3. The molecule has 0 radical (unpaired) electrons. The Bertz CT molecular complexity index is 257. The smallest absolute Gasteiger partial charge is 0.223 e. The van der Waals surface area contributed by atoms with Crippen molar-refractivity contribution < 1.29 is 9.90 Å². The summed E-state index contributed by atoms with van der Waals surface area (Å²) in [5, 5.41) is 12.5. The quantitative estimate of drug-likeness (QED) is 0.723. The molecule has 2 rings (SSSR count). The number of piperidine rings is 1. The molecule has 0 spiro atoms. The molecule has 0 aromatic carbocycles. The van der Waals surface area contributed by atoms with Gasteiger partial charge in [-0.3, -0.25) is 4.79 Å². The van der Waals surface area contributed by atoms with Crippen LogP contribution >= 0.6 is 0 Å². The van der Waals surface area contributed by atoms with E-state index in [1.807, 2.05) is 0 Å². The Morgan fingerprint density at radius 1 is 1.17 bits per heavy atom. The lowest BCUT2D eigenvalue weighted by Crippen LogP contribution is -2.38. The molecular weight excluding hydrogens is 228 g/mol. The molecule has 2 N–H and O–H groups in total. The maximum Gasteiger partial charge on any atom is 0.223 e. The van der Waals surface area contributed by atoms with Crippen LogP contribution in [0, 0.1) is 5.92 Å². The molecule has 1 saturated carbocycles. The van der Waals surface area contributed by atoms with Crippen LogP contribution in [0.1, 0.15) is 44.9 Å². The fourth-order valence-electron chi connectivity index (χ4n) is 2.99. The highest BCUT2D eigenvalue weighted by molar-refractivity contribution is 5.78. The molecule has 104 valence electrons. The number of nitrogens with zero attached hydrogens (tertiary/aromatic N) is 1. The second kappa shape index (κ2) is 7.10. The molecule has 2 fully saturated rings. The number of aliphatic hydroxyl groups is 1. The van der Waals surface area contributed by atoms with Crippen molar-refractivity contribution in [2.24, 2.45) is 5.92 Å². The molecule has 0 bridgehead atoms. The van der Waals surface area contributed by atoms with Gasteiger partial charge in [-0.25, -0.2) is 0 Å². The van der Waals surface area contributed by atoms with Gasteiger partial charge in [0, 0.05) is 25.6 Å². The van der Waals surface area contributed by atoms with Gasteiger partial charge in [0.1, 0.15) is 0 Å². The van der Waals surface area contributed by atoms with Crippen molar-refractivity contribution >= 4 is 5.91 Å². The summed E-state index contributed by atoms with van der Waals surface area (Å²) in [5.41, 5.74) is 0. The molecular formula is C14H26N2O2. The van der Waals surface area contributed by atoms with Gasteiger partial charge < -0.3 is 15.3 Å². The minimum atomic E-state index is -0.0941. The first kappa shape index (κ1) is 13.8. The average Bonchev–Trinajstić information content (AvgIpc) is 2.90. The summed E-state index contributed by atoms with van der Waals surface area (Å²) >= 11 is 0. The van der Waals surface area contributed by atoms with E-state index in [9.17, 15) is 9.90 Å². The van der Waals surface area contributed by atoms with Gasteiger partial charge in [-0.05, 0) is 38.6 Å². The van der Waals surface area contributed by atoms with E-state index in [0.29, 0.717) is 0 Å². The number of aliphatic hydroxyl groups excluding tert-OH is 1. The standard InChI is InChI=1S/C14H26N2O2/c17-13-6-10-16(11-7-13)9-3-8-15-14(18)12-4-1-2-5-12/h12-13,17H,1-11H2,(H,15,18). The molecule has 1 amide bonds. The number of hydrogen-bond donors (Lipinski definition) is 2. The Hall–Kier alpha value is -0.610. The SMILES string of the molecule is O=C(NCCCN1CCC(O)CC1)C1CCCC1. The molecule has 0 aromatic rings. The predicted octanol–water partition coefficient (Wildman–Crippen LogP) is 1.14. The second-order valence-electron chi connectivity index (χ2n) is 5.70. The van der Waals surface area contributed by atoms with E-state index >= 15 is 0 Å². The zero-order chi connectivity index (χ0) is 12.8. The van der Waals surface area contributed by atoms with Crippen LogP contribution in [0.5, 0.6) is 0 Å². The number of rotatable bonds is 5. The number of amides is 1. The molecule has 1 aliphatic carbocycles. The zero-order valence-electron chi connectivity index (χ0n) is 11.2. The number of carbonyl (C=O) groups is 1. The van der Waals surface area contributed by atoms with Gasteiger partial charge in [-0.1, -0.05) is 12.8 Å². The van der Waals surface area contributed by atoms with Crippen molar-refractivity contribution in [2.45, 2.75) is 51.0 Å². The fourth-order valence-corrected chi connectivity index (χ4v) is 2.99. The molecule has 18 heavy (non-hydrogen) atoms. The molecule has 2 aliphatic rings. The van der Waals surface area contributed by atoms with E-state index in [-0.39, 0.29) is 17.9 Å². The van der Waals surface area contributed by atoms with Gasteiger partial charge in [-0.2, -0.15) is 0 Å². The Labute approximate surface area is 110 Å². The molecule has 0 unspecified atom stereocenters. The van der Waals surface area contributed by atoms with E-state index in [2.05, 4.69) is 10.2 Å². The minimum absolute atomic E-state index is 0.0941. The lowest BCUT2D eigenvalue weighted by molar-refractivity contribution is -0.124. The summed E-state index contributed by atoms with van der Waals surface area (Å²) in [7, 11) is 0. The van der Waals surface area contributed by atoms with Gasteiger partial charge >= 0.3 is 0 Å². The molecule has 1 aliphatic heterocycles. The lowest BCUT2D eigenvalue weighted by Gasteiger charge is -2.29. The average molecular weight is 254 g/mol. The van der Waals surface area contributed by atoms with Crippen molar-refractivity contribution in [1.29, 1.82) is 0 Å². The largest absolute Gasteiger partial charge is 0.393 e. The van der Waals surface area contributed by atoms with Crippen LogP contribution in [0.15, 0.2) is 0 Å². The minimum Gasteiger partial charge on any atom is -0.393 e. The molecule has 4 heteroatoms. The first-order valence-electron chi connectivity index (χ1n) is 7.44. The van der Waals surface area contributed by atoms with Gasteiger partial charge in [0.25, 0.3) is 0 Å². The van der Waals surface area contributed by atoms with Crippen LogP contribution in [0.3, 0.4) is 0 Å². The third-order valence-electron chi connectivity index (χ3n) is 4.23. The Kier molecular flexibility index (Phi) is 5.45. The molecule has 0 atom stereocenters. The normalized spacial score (nSPS) is 23.4. The van der Waals surface area contributed by atoms with Crippen molar-refractivity contribution in [3.63, 3.8) is 0 Å². The molecule has 1 heterocycles. The summed E-state index contributed by atoms with van der Waals surface area (Å²) in [6, 6.07) is 0. The van der Waals surface area contributed by atoms with Crippen molar-refractivity contribution in [3.05, 3.63) is 0 Å². The third kappa shape index (κ3) is 4.25. The van der Waals surface area contributed by atoms with Gasteiger partial charge in [-0.15, -0.1) is 0 Å². The topological polar surface area (TPSA) is 52.6 Å². The zero-order valence-corrected chi connectivity index (χ0v) is 11.2. The first-order valence-corrected chi connectivity index (χ1v) is 7.44. The third-order valence-corrected chi connectivity index (χ3v) is 4.23. The van der Waals surface area contributed by atoms with Gasteiger partial charge in [0.2, 0.25) is 5.91 Å². The summed E-state index contributed by atoms with van der Waals surface area (Å²) in [4.78, 5) is 14.2. The van der Waals surface area contributed by atoms with E-state index in [1.54, 1.807) is 0 Å². The van der Waals surface area contributed by atoms with E-state index in [4.69, 9.17) is 0 Å². The predicted molar refractivity (Wildman–Crippen MR) is 71.3 cm³/mol. The molecule has 0 aromatic heterocycles. The number of carbonyl (C=O) groups excluding carboxylic acids is 1. The van der Waals surface area contributed by atoms with Crippen LogP contribution in [0.2, 0.25) is 0 Å². The van der Waals surface area contributed by atoms with Crippen LogP contribution in [-0.2, 0) is 4.79 Å². The van der Waals surface area contributed by atoms with Crippen molar-refractivity contribution in [1.82, 2.24) is 10.2 Å². The Balaban J connectivity index is 1.51. The molecule has 4 nitrogen and oxygen atoms in total. The molecule has 1 saturated heterocycles. The number of nitrogens with one attached hydrogen (secondary N) is 1. The lowest BCUT2D eigenvalue weighted by atomic mass is 10.1. The van der Waals surface area contributed by atoms with Gasteiger partial charge in [0.05, 0.1) is 6.10 Å². The summed E-state index contributed by atoms with van der Waals surface area (Å²) in [6.07, 6.45) is 7.31. The van der Waals surface area contributed by atoms with E-state index in [1.165, 1.54) is 12.8 Å². The summed E-state index contributed by atoms with van der Waals surface area (Å²) in [6.45, 7) is 3.83. The Morgan fingerprint density at radius 3 is 2.50 bits per heavy atom. The van der Waals surface area contributed by atoms with Crippen LogP contribution < -0.4 is 5.32 Å². The highest BCUT2D eigenvalue weighted by Crippen LogP contribution is 2.24. The summed E-state index contributed by atoms with van der Waals surface area (Å²) in [5.74, 6) is 0.553. The monoisotopic (exact) mass is 254 g/mol. The van der Waals surface area contributed by atoms with Crippen LogP contribution in [0.25, 0.3) is 0 Å². The highest BCUT2D eigenvalue weighted by Gasteiger charge is 2.22. The van der Waals surface area contributed by atoms with Crippen LogP contribution in [0.4, 0.5) is 0 Å². The van der Waals surface area contributed by atoms with E-state index < -0.39 is 0 Å². The number of likely N-dealkylation sites (tertiary alicyclic amines) is 1. The van der Waals surface area contributed by atoms with E-state index in [0.717, 1.165) is 58.3 Å².